The van der Waals surface area contributed by atoms with E-state index in [1.807, 2.05) is 19.9 Å². The Bertz CT molecular complexity index is 1430. The van der Waals surface area contributed by atoms with Gasteiger partial charge in [0.05, 0.1) is 5.69 Å². The number of aromatic nitrogens is 3. The molecule has 0 saturated carbocycles. The highest BCUT2D eigenvalue weighted by molar-refractivity contribution is 5.79. The van der Waals surface area contributed by atoms with Crippen molar-refractivity contribution in [1.82, 2.24) is 15.0 Å². The van der Waals surface area contributed by atoms with Crippen LogP contribution in [0.5, 0.6) is 11.6 Å². The van der Waals surface area contributed by atoms with Crippen molar-refractivity contribution < 1.29 is 27.1 Å². The van der Waals surface area contributed by atoms with Crippen molar-refractivity contribution in [1.29, 1.82) is 0 Å². The molecule has 7 nitrogen and oxygen atoms in total. The van der Waals surface area contributed by atoms with Gasteiger partial charge in [-0.25, -0.2) is 14.8 Å². The van der Waals surface area contributed by atoms with Crippen LogP contribution in [0, 0.1) is 0 Å². The minimum atomic E-state index is -4.52. The fraction of sp³-hybridized carbons (Fsp3) is 0.250. The van der Waals surface area contributed by atoms with Crippen molar-refractivity contribution in [2.45, 2.75) is 38.1 Å². The van der Waals surface area contributed by atoms with Crippen molar-refractivity contribution in [2.75, 3.05) is 0 Å². The largest absolute Gasteiger partial charge is 0.484 e. The molecular weight excluding hydrogens is 451 g/mol. The van der Waals surface area contributed by atoms with Crippen LogP contribution in [0.1, 0.15) is 25.1 Å². The lowest BCUT2D eigenvalue weighted by Gasteiger charge is -2.39. The Hall–Kier alpha value is -3.95. The van der Waals surface area contributed by atoms with Crippen LogP contribution in [0.2, 0.25) is 0 Å². The molecule has 0 radical (unpaired) electrons. The van der Waals surface area contributed by atoms with Crippen LogP contribution in [0.15, 0.2) is 64.2 Å². The Labute approximate surface area is 191 Å². The Morgan fingerprint density at radius 2 is 1.88 bits per heavy atom. The molecular formula is C24H18F3N3O4. The van der Waals surface area contributed by atoms with E-state index >= 15 is 0 Å². The van der Waals surface area contributed by atoms with Gasteiger partial charge in [0.2, 0.25) is 5.88 Å². The van der Waals surface area contributed by atoms with Gasteiger partial charge < -0.3 is 13.9 Å². The Morgan fingerprint density at radius 3 is 2.62 bits per heavy atom. The molecule has 4 heterocycles. The Balaban J connectivity index is 1.41. The minimum absolute atomic E-state index is 0.252. The summed E-state index contributed by atoms with van der Waals surface area (Å²) in [4.78, 5) is 23.3. The molecule has 0 amide bonds. The summed E-state index contributed by atoms with van der Waals surface area (Å²) < 4.78 is 55.9. The molecule has 0 N–H and O–H groups in total. The van der Waals surface area contributed by atoms with Gasteiger partial charge in [-0.05, 0) is 43.7 Å². The number of hydrogen-bond acceptors (Lipinski definition) is 7. The molecule has 174 valence electrons. The Morgan fingerprint density at radius 1 is 1.06 bits per heavy atom. The van der Waals surface area contributed by atoms with Crippen LogP contribution in [0.25, 0.3) is 22.2 Å². The summed E-state index contributed by atoms with van der Waals surface area (Å²) in [6, 6.07) is 10.4. The van der Waals surface area contributed by atoms with Crippen LogP contribution in [0.3, 0.4) is 0 Å². The highest BCUT2D eigenvalue weighted by atomic mass is 19.4. The van der Waals surface area contributed by atoms with E-state index in [-0.39, 0.29) is 5.88 Å². The normalized spacial score (nSPS) is 17.1. The van der Waals surface area contributed by atoms with E-state index in [0.29, 0.717) is 29.0 Å². The minimum Gasteiger partial charge on any atom is -0.484 e. The molecule has 0 aliphatic carbocycles. The standard InChI is InChI=1S/C24H18F3N3O4/c1-23(2)20(8-15-7-13-4-6-22(31)32-17(13)10-18(15)34-23)33-21-9-16(29-12-30-21)14-3-5-19(28-11-14)24(25,26)27/h3-7,9-12,20H,8H2,1-2H3/t20-/m0/s1. The van der Waals surface area contributed by atoms with Gasteiger partial charge in [0.15, 0.2) is 0 Å². The quantitative estimate of drug-likeness (QED) is 0.398. The molecule has 10 heteroatoms. The lowest BCUT2D eigenvalue weighted by Crippen LogP contribution is -2.49. The maximum Gasteiger partial charge on any atom is 0.433 e. The molecule has 3 aromatic heterocycles. The molecule has 1 atom stereocenters. The second-order valence-electron chi connectivity index (χ2n) is 8.44. The highest BCUT2D eigenvalue weighted by Crippen LogP contribution is 2.37. The fourth-order valence-corrected chi connectivity index (χ4v) is 3.80. The van der Waals surface area contributed by atoms with E-state index < -0.39 is 29.2 Å². The SMILES string of the molecule is CC1(C)Oc2cc3oc(=O)ccc3cc2C[C@@H]1Oc1cc(-c2ccc(C(F)(F)F)nc2)ncn1. The van der Waals surface area contributed by atoms with E-state index in [1.165, 1.54) is 18.5 Å². The predicted molar refractivity (Wildman–Crippen MR) is 116 cm³/mol. The first kappa shape index (κ1) is 21.9. The average Bonchev–Trinajstić information content (AvgIpc) is 2.78. The maximum absolute atomic E-state index is 12.8. The van der Waals surface area contributed by atoms with Gasteiger partial charge in [0.25, 0.3) is 0 Å². The number of rotatable bonds is 3. The third-order valence-electron chi connectivity index (χ3n) is 5.61. The van der Waals surface area contributed by atoms with Crippen LogP contribution >= 0.6 is 0 Å². The van der Waals surface area contributed by atoms with Crippen LogP contribution in [-0.4, -0.2) is 26.7 Å². The molecule has 4 aromatic rings. The number of alkyl halides is 3. The van der Waals surface area contributed by atoms with Gasteiger partial charge >= 0.3 is 11.8 Å². The number of ether oxygens (including phenoxy) is 2. The predicted octanol–water partition coefficient (Wildman–Crippen LogP) is 4.82. The molecule has 1 aliphatic rings. The van der Waals surface area contributed by atoms with Gasteiger partial charge in [-0.3, -0.25) is 4.98 Å². The number of benzene rings is 1. The molecule has 0 fully saturated rings. The van der Waals surface area contributed by atoms with E-state index in [4.69, 9.17) is 13.9 Å². The van der Waals surface area contributed by atoms with Crippen molar-refractivity contribution >= 4 is 11.0 Å². The second kappa shape index (κ2) is 7.82. The van der Waals surface area contributed by atoms with E-state index in [2.05, 4.69) is 15.0 Å². The smallest absolute Gasteiger partial charge is 0.433 e. The first-order valence-electron chi connectivity index (χ1n) is 10.4. The molecule has 0 saturated heterocycles. The van der Waals surface area contributed by atoms with E-state index in [1.54, 1.807) is 18.2 Å². The lowest BCUT2D eigenvalue weighted by molar-refractivity contribution is -0.141. The molecule has 1 aromatic carbocycles. The second-order valence-corrected chi connectivity index (χ2v) is 8.44. The zero-order valence-electron chi connectivity index (χ0n) is 18.1. The van der Waals surface area contributed by atoms with Crippen LogP contribution < -0.4 is 15.1 Å². The molecule has 0 unspecified atom stereocenters. The summed E-state index contributed by atoms with van der Waals surface area (Å²) >= 11 is 0. The first-order valence-corrected chi connectivity index (χ1v) is 10.4. The zero-order chi connectivity index (χ0) is 24.1. The van der Waals surface area contributed by atoms with Gasteiger partial charge in [0, 0.05) is 41.8 Å². The average molecular weight is 469 g/mol. The van der Waals surface area contributed by atoms with Gasteiger partial charge in [-0.1, -0.05) is 0 Å². The van der Waals surface area contributed by atoms with Crippen molar-refractivity contribution in [2.24, 2.45) is 0 Å². The summed E-state index contributed by atoms with van der Waals surface area (Å²) in [5, 5.41) is 0.763. The number of hydrogen-bond donors (Lipinski definition) is 0. The van der Waals surface area contributed by atoms with E-state index in [9.17, 15) is 18.0 Å². The third-order valence-corrected chi connectivity index (χ3v) is 5.61. The summed E-state index contributed by atoms with van der Waals surface area (Å²) in [6.45, 7) is 3.74. The van der Waals surface area contributed by atoms with Gasteiger partial charge in [-0.2, -0.15) is 13.2 Å². The molecule has 34 heavy (non-hydrogen) atoms. The number of pyridine rings is 1. The third kappa shape index (κ3) is 4.18. The Kier molecular flexibility index (Phi) is 5.03. The van der Waals surface area contributed by atoms with E-state index in [0.717, 1.165) is 23.2 Å². The fourth-order valence-electron chi connectivity index (χ4n) is 3.80. The summed E-state index contributed by atoms with van der Waals surface area (Å²) in [7, 11) is 0. The van der Waals surface area contributed by atoms with Crippen LogP contribution in [0.4, 0.5) is 13.2 Å². The number of fused-ring (bicyclic) bond motifs is 2. The number of nitrogens with zero attached hydrogens (tertiary/aromatic N) is 3. The summed E-state index contributed by atoms with van der Waals surface area (Å²) in [5.74, 6) is 0.854. The van der Waals surface area contributed by atoms with Crippen molar-refractivity contribution in [3.8, 4) is 22.9 Å². The van der Waals surface area contributed by atoms with Crippen molar-refractivity contribution in [3.05, 3.63) is 76.7 Å². The lowest BCUT2D eigenvalue weighted by atomic mass is 9.90. The maximum atomic E-state index is 12.8. The molecule has 1 aliphatic heterocycles. The first-order chi connectivity index (χ1) is 16.1. The molecule has 5 rings (SSSR count). The molecule has 0 spiro atoms. The number of halogens is 3. The molecule has 0 bridgehead atoms. The van der Waals surface area contributed by atoms with Crippen molar-refractivity contribution in [3.63, 3.8) is 0 Å². The zero-order valence-corrected chi connectivity index (χ0v) is 18.1. The highest BCUT2D eigenvalue weighted by Gasteiger charge is 2.39. The summed E-state index contributed by atoms with van der Waals surface area (Å²) in [6.07, 6.45) is -2.05. The van der Waals surface area contributed by atoms with Crippen LogP contribution in [-0.2, 0) is 12.6 Å². The van der Waals surface area contributed by atoms with Gasteiger partial charge in [-0.15, -0.1) is 0 Å². The topological polar surface area (TPSA) is 87.3 Å². The summed E-state index contributed by atoms with van der Waals surface area (Å²) in [5.41, 5.74) is -0.0739. The monoisotopic (exact) mass is 469 g/mol. The van der Waals surface area contributed by atoms with Gasteiger partial charge in [0.1, 0.15) is 35.1 Å².